The molecule has 0 aromatic heterocycles. The highest BCUT2D eigenvalue weighted by atomic mass is 16.6. The van der Waals surface area contributed by atoms with E-state index in [1.54, 1.807) is 6.26 Å². The van der Waals surface area contributed by atoms with Gasteiger partial charge < -0.3 is 14.6 Å². The fourth-order valence-corrected chi connectivity index (χ4v) is 1.29. The SMILES string of the molecule is CC1/C=C\OC(C)/C=C(COCO)\C=C/1. The summed E-state index contributed by atoms with van der Waals surface area (Å²) >= 11 is 0. The van der Waals surface area contributed by atoms with Gasteiger partial charge in [-0.1, -0.05) is 19.1 Å². The standard InChI is InChI=1S/C12H18O3/c1-10-3-4-12(8-14-9-13)7-11(2)15-6-5-10/h3-7,10-11,13H,8-9H2,1-2H3/b4-3-,6-5-,12-7+. The van der Waals surface area contributed by atoms with E-state index >= 15 is 0 Å². The van der Waals surface area contributed by atoms with Crippen molar-refractivity contribution >= 4 is 0 Å². The highest BCUT2D eigenvalue weighted by Crippen LogP contribution is 2.10. The van der Waals surface area contributed by atoms with Gasteiger partial charge in [-0.15, -0.1) is 0 Å². The van der Waals surface area contributed by atoms with Crippen molar-refractivity contribution in [2.45, 2.75) is 20.0 Å². The van der Waals surface area contributed by atoms with E-state index in [0.717, 1.165) is 5.57 Å². The zero-order chi connectivity index (χ0) is 11.1. The van der Waals surface area contributed by atoms with E-state index in [1.165, 1.54) is 0 Å². The lowest BCUT2D eigenvalue weighted by Gasteiger charge is -2.08. The summed E-state index contributed by atoms with van der Waals surface area (Å²) in [6, 6.07) is 0. The van der Waals surface area contributed by atoms with Crippen LogP contribution in [0.25, 0.3) is 0 Å². The second kappa shape index (κ2) is 6.43. The molecule has 0 saturated carbocycles. The molecule has 1 N–H and O–H groups in total. The second-order valence-corrected chi connectivity index (χ2v) is 3.61. The molecular formula is C12H18O3. The molecule has 0 amide bonds. The summed E-state index contributed by atoms with van der Waals surface area (Å²) in [6.07, 6.45) is 9.81. The lowest BCUT2D eigenvalue weighted by molar-refractivity contribution is 0.0106. The molecule has 15 heavy (non-hydrogen) atoms. The molecule has 2 unspecified atom stereocenters. The molecule has 0 aromatic rings. The maximum atomic E-state index is 8.58. The van der Waals surface area contributed by atoms with Crippen LogP contribution in [0.4, 0.5) is 0 Å². The summed E-state index contributed by atoms with van der Waals surface area (Å²) in [5.41, 5.74) is 1.02. The first-order valence-electron chi connectivity index (χ1n) is 5.12. The first kappa shape index (κ1) is 12.0. The normalized spacial score (nSPS) is 33.9. The minimum atomic E-state index is -0.256. The Bertz CT molecular complexity index is 266. The number of aliphatic hydroxyl groups is 1. The molecule has 0 saturated heterocycles. The number of hydrogen-bond donors (Lipinski definition) is 1. The third kappa shape index (κ3) is 4.81. The van der Waals surface area contributed by atoms with Gasteiger partial charge in [0.15, 0.2) is 0 Å². The molecule has 1 aliphatic rings. The quantitative estimate of drug-likeness (QED) is 0.724. The van der Waals surface area contributed by atoms with Gasteiger partial charge in [0, 0.05) is 0 Å². The smallest absolute Gasteiger partial charge is 0.143 e. The second-order valence-electron chi connectivity index (χ2n) is 3.61. The molecule has 1 aliphatic heterocycles. The van der Waals surface area contributed by atoms with Crippen LogP contribution in [0, 0.1) is 5.92 Å². The summed E-state index contributed by atoms with van der Waals surface area (Å²) in [6.45, 7) is 4.20. The van der Waals surface area contributed by atoms with Crippen LogP contribution in [0.1, 0.15) is 13.8 Å². The average molecular weight is 210 g/mol. The average Bonchev–Trinajstić information content (AvgIpc) is 2.28. The van der Waals surface area contributed by atoms with Gasteiger partial charge in [-0.25, -0.2) is 0 Å². The van der Waals surface area contributed by atoms with Crippen molar-refractivity contribution < 1.29 is 14.6 Å². The topological polar surface area (TPSA) is 38.7 Å². The maximum Gasteiger partial charge on any atom is 0.143 e. The van der Waals surface area contributed by atoms with Crippen molar-refractivity contribution in [3.05, 3.63) is 36.1 Å². The third-order valence-corrected chi connectivity index (χ3v) is 2.10. The van der Waals surface area contributed by atoms with Gasteiger partial charge >= 0.3 is 0 Å². The Morgan fingerprint density at radius 3 is 2.93 bits per heavy atom. The van der Waals surface area contributed by atoms with Crippen molar-refractivity contribution in [1.29, 1.82) is 0 Å². The van der Waals surface area contributed by atoms with E-state index in [1.807, 2.05) is 25.2 Å². The zero-order valence-corrected chi connectivity index (χ0v) is 9.22. The molecule has 0 aliphatic carbocycles. The summed E-state index contributed by atoms with van der Waals surface area (Å²) < 4.78 is 10.4. The number of ether oxygens (including phenoxy) is 2. The predicted octanol–water partition coefficient (Wildman–Crippen LogP) is 2.00. The molecule has 3 nitrogen and oxygen atoms in total. The van der Waals surface area contributed by atoms with Gasteiger partial charge in [0.1, 0.15) is 12.9 Å². The van der Waals surface area contributed by atoms with E-state index < -0.39 is 0 Å². The number of hydrogen-bond acceptors (Lipinski definition) is 3. The van der Waals surface area contributed by atoms with Crippen LogP contribution in [-0.4, -0.2) is 24.6 Å². The van der Waals surface area contributed by atoms with E-state index in [9.17, 15) is 0 Å². The minimum absolute atomic E-state index is 0.0218. The summed E-state index contributed by atoms with van der Waals surface area (Å²) in [4.78, 5) is 0. The van der Waals surface area contributed by atoms with Crippen molar-refractivity contribution in [1.82, 2.24) is 0 Å². The number of aliphatic hydroxyl groups excluding tert-OH is 1. The molecule has 0 radical (unpaired) electrons. The van der Waals surface area contributed by atoms with Crippen molar-refractivity contribution in [3.63, 3.8) is 0 Å². The third-order valence-electron chi connectivity index (χ3n) is 2.10. The molecule has 1 rings (SSSR count). The molecule has 0 spiro atoms. The number of rotatable bonds is 3. The van der Waals surface area contributed by atoms with Crippen LogP contribution in [0.2, 0.25) is 0 Å². The van der Waals surface area contributed by atoms with E-state index in [-0.39, 0.29) is 12.9 Å². The van der Waals surface area contributed by atoms with Gasteiger partial charge in [0.25, 0.3) is 0 Å². The summed E-state index contributed by atoms with van der Waals surface area (Å²) in [7, 11) is 0. The molecule has 84 valence electrons. The highest BCUT2D eigenvalue weighted by Gasteiger charge is 2.02. The van der Waals surface area contributed by atoms with Crippen LogP contribution in [0.5, 0.6) is 0 Å². The first-order valence-corrected chi connectivity index (χ1v) is 5.12. The van der Waals surface area contributed by atoms with Crippen LogP contribution in [0.15, 0.2) is 36.1 Å². The van der Waals surface area contributed by atoms with Gasteiger partial charge in [-0.05, 0) is 30.6 Å². The van der Waals surface area contributed by atoms with Crippen LogP contribution in [-0.2, 0) is 9.47 Å². The Morgan fingerprint density at radius 2 is 2.20 bits per heavy atom. The Labute approximate surface area is 90.7 Å². The van der Waals surface area contributed by atoms with Gasteiger partial charge in [0.05, 0.1) is 12.9 Å². The van der Waals surface area contributed by atoms with Crippen LogP contribution in [0.3, 0.4) is 0 Å². The van der Waals surface area contributed by atoms with Gasteiger partial charge in [-0.3, -0.25) is 0 Å². The largest absolute Gasteiger partial charge is 0.495 e. The van der Waals surface area contributed by atoms with E-state index in [4.69, 9.17) is 14.6 Å². The molecule has 3 heteroatoms. The first-order chi connectivity index (χ1) is 7.22. The van der Waals surface area contributed by atoms with E-state index in [2.05, 4.69) is 13.0 Å². The fourth-order valence-electron chi connectivity index (χ4n) is 1.29. The van der Waals surface area contributed by atoms with Crippen LogP contribution >= 0.6 is 0 Å². The van der Waals surface area contributed by atoms with Crippen molar-refractivity contribution in [2.75, 3.05) is 13.4 Å². The van der Waals surface area contributed by atoms with Crippen molar-refractivity contribution in [3.8, 4) is 0 Å². The molecule has 2 atom stereocenters. The van der Waals surface area contributed by atoms with Gasteiger partial charge in [-0.2, -0.15) is 0 Å². The number of allylic oxidation sites excluding steroid dienone is 2. The van der Waals surface area contributed by atoms with Crippen LogP contribution < -0.4 is 0 Å². The predicted molar refractivity (Wildman–Crippen MR) is 59.1 cm³/mol. The highest BCUT2D eigenvalue weighted by molar-refractivity contribution is 5.22. The monoisotopic (exact) mass is 210 g/mol. The summed E-state index contributed by atoms with van der Waals surface area (Å²) in [5, 5.41) is 8.58. The Morgan fingerprint density at radius 1 is 1.40 bits per heavy atom. The minimum Gasteiger partial charge on any atom is -0.495 e. The maximum absolute atomic E-state index is 8.58. The molecular weight excluding hydrogens is 192 g/mol. The lowest BCUT2D eigenvalue weighted by Crippen LogP contribution is -2.04. The Hall–Kier alpha value is -1.06. The van der Waals surface area contributed by atoms with Crippen molar-refractivity contribution in [2.24, 2.45) is 5.92 Å². The molecule has 1 heterocycles. The Kier molecular flexibility index (Phi) is 5.15. The Balaban J connectivity index is 2.68. The fraction of sp³-hybridized carbons (Fsp3) is 0.500. The summed E-state index contributed by atoms with van der Waals surface area (Å²) in [5.74, 6) is 0.341. The lowest BCUT2D eigenvalue weighted by atomic mass is 10.1. The molecule has 0 fully saturated rings. The van der Waals surface area contributed by atoms with Gasteiger partial charge in [0.2, 0.25) is 0 Å². The van der Waals surface area contributed by atoms with E-state index in [0.29, 0.717) is 12.5 Å². The molecule has 0 aromatic carbocycles. The zero-order valence-electron chi connectivity index (χ0n) is 9.22. The molecule has 0 bridgehead atoms.